The lowest BCUT2D eigenvalue weighted by Gasteiger charge is -2.22. The summed E-state index contributed by atoms with van der Waals surface area (Å²) in [6, 6.07) is 7.95. The third-order valence-corrected chi connectivity index (χ3v) is 5.72. The number of aromatic nitrogens is 4. The highest BCUT2D eigenvalue weighted by Gasteiger charge is 2.25. The molecule has 1 atom stereocenters. The van der Waals surface area contributed by atoms with Crippen LogP contribution in [0.1, 0.15) is 29.8 Å². The van der Waals surface area contributed by atoms with Crippen molar-refractivity contribution in [1.29, 1.82) is 0 Å². The monoisotopic (exact) mass is 425 g/mol. The van der Waals surface area contributed by atoms with E-state index in [4.69, 9.17) is 22.1 Å². The summed E-state index contributed by atoms with van der Waals surface area (Å²) in [6.07, 6.45) is 1.42. The fourth-order valence-electron chi connectivity index (χ4n) is 3.84. The van der Waals surface area contributed by atoms with Gasteiger partial charge in [-0.1, -0.05) is 23.7 Å². The smallest absolute Gasteiger partial charge is 0.164 e. The van der Waals surface area contributed by atoms with Crippen LogP contribution in [-0.2, 0) is 0 Å². The molecule has 30 heavy (non-hydrogen) atoms. The molecular weight excluding hydrogens is 405 g/mol. The van der Waals surface area contributed by atoms with E-state index in [0.29, 0.717) is 33.2 Å². The highest BCUT2D eigenvalue weighted by atomic mass is 35.5. The fourth-order valence-corrected chi connectivity index (χ4v) is 4.05. The molecule has 2 N–H and O–H groups in total. The molecule has 0 radical (unpaired) electrons. The summed E-state index contributed by atoms with van der Waals surface area (Å²) in [5.74, 6) is 0.660. The fraction of sp³-hybridized carbons (Fsp3) is 0.227. The van der Waals surface area contributed by atoms with Crippen molar-refractivity contribution in [2.75, 3.05) is 12.8 Å². The van der Waals surface area contributed by atoms with Crippen molar-refractivity contribution in [3.05, 3.63) is 64.3 Å². The second-order valence-electron chi connectivity index (χ2n) is 7.15. The molecule has 4 aromatic rings. The van der Waals surface area contributed by atoms with Crippen LogP contribution in [-0.4, -0.2) is 26.9 Å². The summed E-state index contributed by atoms with van der Waals surface area (Å²) in [6.45, 7) is 5.73. The molecule has 0 fully saturated rings. The van der Waals surface area contributed by atoms with Crippen LogP contribution in [0.4, 0.5) is 10.2 Å². The van der Waals surface area contributed by atoms with Crippen LogP contribution < -0.4 is 10.5 Å². The molecule has 0 aliphatic heterocycles. The van der Waals surface area contributed by atoms with E-state index in [1.807, 2.05) is 32.9 Å². The number of methoxy groups -OCH3 is 1. The van der Waals surface area contributed by atoms with Gasteiger partial charge in [-0.05, 0) is 50.1 Å². The Balaban J connectivity index is 1.97. The lowest BCUT2D eigenvalue weighted by molar-refractivity contribution is 0.402. The number of halogens is 2. The molecule has 6 nitrogen and oxygen atoms in total. The van der Waals surface area contributed by atoms with Crippen molar-refractivity contribution in [2.45, 2.75) is 26.8 Å². The van der Waals surface area contributed by atoms with Gasteiger partial charge in [-0.25, -0.2) is 19.0 Å². The van der Waals surface area contributed by atoms with E-state index in [0.717, 1.165) is 22.4 Å². The van der Waals surface area contributed by atoms with Crippen LogP contribution in [0.15, 0.2) is 36.7 Å². The van der Waals surface area contributed by atoms with Gasteiger partial charge in [-0.2, -0.15) is 5.10 Å². The second-order valence-corrected chi connectivity index (χ2v) is 7.56. The molecule has 0 bridgehead atoms. The molecule has 0 spiro atoms. The topological polar surface area (TPSA) is 78.9 Å². The summed E-state index contributed by atoms with van der Waals surface area (Å²) < 4.78 is 21.5. The zero-order chi connectivity index (χ0) is 21.6. The molecule has 2 aromatic carbocycles. The Morgan fingerprint density at radius 2 is 1.97 bits per heavy atom. The summed E-state index contributed by atoms with van der Waals surface area (Å²) in [7, 11) is 1.59. The number of benzene rings is 2. The number of anilines is 1. The highest BCUT2D eigenvalue weighted by molar-refractivity contribution is 6.32. The van der Waals surface area contributed by atoms with E-state index in [9.17, 15) is 4.39 Å². The Labute approximate surface area is 178 Å². The van der Waals surface area contributed by atoms with Crippen LogP contribution in [0.25, 0.3) is 22.2 Å². The van der Waals surface area contributed by atoms with Gasteiger partial charge < -0.3 is 10.5 Å². The molecule has 0 aliphatic rings. The first-order valence-corrected chi connectivity index (χ1v) is 9.79. The highest BCUT2D eigenvalue weighted by Crippen LogP contribution is 2.43. The Bertz CT molecular complexity index is 1270. The quantitative estimate of drug-likeness (QED) is 0.492. The third kappa shape index (κ3) is 3.15. The van der Waals surface area contributed by atoms with E-state index < -0.39 is 0 Å². The lowest BCUT2D eigenvalue weighted by atomic mass is 9.94. The van der Waals surface area contributed by atoms with Gasteiger partial charge in [0, 0.05) is 16.1 Å². The number of nitrogen functional groups attached to an aromatic ring is 1. The number of nitrogens with zero attached hydrogens (tertiary/aromatic N) is 4. The van der Waals surface area contributed by atoms with Crippen molar-refractivity contribution in [2.24, 2.45) is 0 Å². The predicted octanol–water partition coefficient (Wildman–Crippen LogP) is 5.10. The number of nitrogens with two attached hydrogens (primary N) is 1. The number of ether oxygens (including phenoxy) is 1. The van der Waals surface area contributed by atoms with Gasteiger partial charge >= 0.3 is 0 Å². The minimum absolute atomic E-state index is 0.282. The van der Waals surface area contributed by atoms with Crippen molar-refractivity contribution in [1.82, 2.24) is 19.7 Å². The first-order valence-electron chi connectivity index (χ1n) is 9.41. The molecule has 8 heteroatoms. The van der Waals surface area contributed by atoms with Crippen molar-refractivity contribution in [3.63, 3.8) is 0 Å². The lowest BCUT2D eigenvalue weighted by Crippen LogP contribution is -2.12. The zero-order valence-corrected chi connectivity index (χ0v) is 17.8. The van der Waals surface area contributed by atoms with Gasteiger partial charge in [0.05, 0.1) is 24.2 Å². The number of aryl methyl sites for hydroxylation is 1. The molecule has 0 saturated heterocycles. The van der Waals surface area contributed by atoms with Crippen molar-refractivity contribution >= 4 is 28.5 Å². The maximum absolute atomic E-state index is 13.9. The van der Waals surface area contributed by atoms with E-state index in [1.165, 1.54) is 18.5 Å². The van der Waals surface area contributed by atoms with E-state index in [-0.39, 0.29) is 11.9 Å². The largest absolute Gasteiger partial charge is 0.496 e. The summed E-state index contributed by atoms with van der Waals surface area (Å²) in [4.78, 5) is 8.45. The van der Waals surface area contributed by atoms with Gasteiger partial charge in [0.25, 0.3) is 0 Å². The molecule has 154 valence electrons. The van der Waals surface area contributed by atoms with Gasteiger partial charge in [-0.3, -0.25) is 0 Å². The third-order valence-electron chi connectivity index (χ3n) is 5.33. The van der Waals surface area contributed by atoms with E-state index in [1.54, 1.807) is 17.9 Å². The van der Waals surface area contributed by atoms with Crippen LogP contribution in [0.2, 0.25) is 5.02 Å². The van der Waals surface area contributed by atoms with Crippen molar-refractivity contribution in [3.8, 4) is 16.9 Å². The van der Waals surface area contributed by atoms with Gasteiger partial charge in [0.15, 0.2) is 5.65 Å². The minimum Gasteiger partial charge on any atom is -0.496 e. The molecular formula is C22H21ClFN5O. The maximum atomic E-state index is 13.9. The van der Waals surface area contributed by atoms with Gasteiger partial charge in [0.1, 0.15) is 23.7 Å². The predicted molar refractivity (Wildman–Crippen MR) is 116 cm³/mol. The SMILES string of the molecule is COc1c(C(C)n2nc(C)c3c(N)ncnc32)cc(Cl)c(C)c1-c1cccc(F)c1. The Morgan fingerprint density at radius 3 is 2.67 bits per heavy atom. The number of fused-ring (bicyclic) bond motifs is 1. The Morgan fingerprint density at radius 1 is 1.20 bits per heavy atom. The van der Waals surface area contributed by atoms with E-state index in [2.05, 4.69) is 15.1 Å². The van der Waals surface area contributed by atoms with Crippen molar-refractivity contribution < 1.29 is 9.13 Å². The minimum atomic E-state index is -0.329. The molecule has 0 amide bonds. The summed E-state index contributed by atoms with van der Waals surface area (Å²) in [5.41, 5.74) is 10.4. The van der Waals surface area contributed by atoms with Crippen LogP contribution in [0.5, 0.6) is 5.75 Å². The Hall–Kier alpha value is -3.19. The van der Waals surface area contributed by atoms with Crippen LogP contribution >= 0.6 is 11.6 Å². The standard InChI is InChI=1S/C22H21ClFN5O/c1-11-17(23)9-16(20(30-4)18(11)14-6-5-7-15(24)8-14)13(3)29-22-19(12(2)28-29)21(25)26-10-27-22/h5-10,13H,1-4H3,(H2,25,26,27). The molecule has 1 unspecified atom stereocenters. The molecule has 2 heterocycles. The van der Waals surface area contributed by atoms with E-state index >= 15 is 0 Å². The molecule has 2 aromatic heterocycles. The average Bonchev–Trinajstić information content (AvgIpc) is 3.06. The van der Waals surface area contributed by atoms with Gasteiger partial charge in [0.2, 0.25) is 0 Å². The average molecular weight is 426 g/mol. The number of hydrogen-bond donors (Lipinski definition) is 1. The Kier molecular flexibility index (Phi) is 5.07. The number of rotatable bonds is 4. The second kappa shape index (κ2) is 7.57. The first kappa shape index (κ1) is 20.1. The van der Waals surface area contributed by atoms with Gasteiger partial charge in [-0.15, -0.1) is 0 Å². The summed E-state index contributed by atoms with van der Waals surface area (Å²) >= 11 is 6.59. The maximum Gasteiger partial charge on any atom is 0.164 e. The molecule has 0 aliphatic carbocycles. The molecule has 4 rings (SSSR count). The summed E-state index contributed by atoms with van der Waals surface area (Å²) in [5, 5.41) is 5.92. The zero-order valence-electron chi connectivity index (χ0n) is 17.1. The number of hydrogen-bond acceptors (Lipinski definition) is 5. The van der Waals surface area contributed by atoms with Crippen LogP contribution in [0.3, 0.4) is 0 Å². The normalized spacial score (nSPS) is 12.3. The van der Waals surface area contributed by atoms with Crippen LogP contribution in [0, 0.1) is 19.7 Å². The molecule has 0 saturated carbocycles. The first-order chi connectivity index (χ1) is 14.3.